The number of nitro groups is 1. The maximum absolute atomic E-state index is 10.8. The van der Waals surface area contributed by atoms with E-state index >= 15 is 0 Å². The van der Waals surface area contributed by atoms with E-state index in [0.717, 1.165) is 28.4 Å². The highest BCUT2D eigenvalue weighted by molar-refractivity contribution is 7.14. The second-order valence-corrected chi connectivity index (χ2v) is 5.49. The van der Waals surface area contributed by atoms with Crippen LogP contribution in [0.2, 0.25) is 0 Å². The lowest BCUT2D eigenvalue weighted by molar-refractivity contribution is -0.385. The smallest absolute Gasteiger partial charge is 0.258 e. The highest BCUT2D eigenvalue weighted by atomic mass is 35.5. The molecule has 100 valence electrons. The monoisotopic (exact) mass is 297 g/mol. The maximum Gasteiger partial charge on any atom is 0.272 e. The number of hydrogen-bond acceptors (Lipinski definition) is 5. The van der Waals surface area contributed by atoms with Crippen molar-refractivity contribution in [2.24, 2.45) is 0 Å². The van der Waals surface area contributed by atoms with Gasteiger partial charge in [-0.3, -0.25) is 10.1 Å². The topological polar surface area (TPSA) is 68.9 Å². The number of aryl methyl sites for hydroxylation is 2. The van der Waals surface area contributed by atoms with Crippen LogP contribution >= 0.6 is 22.9 Å². The Morgan fingerprint density at radius 1 is 1.42 bits per heavy atom. The second kappa shape index (κ2) is 6.08. The molecule has 0 aliphatic heterocycles. The summed E-state index contributed by atoms with van der Waals surface area (Å²) in [5.74, 6) is 0.603. The first kappa shape index (κ1) is 13.9. The number of alkyl halides is 1. The SMILES string of the molecule is Cc1cc(-c2nnc(CCCCl)s2)ccc1[N+](=O)[O-]. The summed E-state index contributed by atoms with van der Waals surface area (Å²) in [6.07, 6.45) is 1.68. The Morgan fingerprint density at radius 3 is 2.84 bits per heavy atom. The predicted octanol–water partition coefficient (Wildman–Crippen LogP) is 3.59. The quantitative estimate of drug-likeness (QED) is 0.480. The summed E-state index contributed by atoms with van der Waals surface area (Å²) in [6.45, 7) is 1.72. The van der Waals surface area contributed by atoms with Gasteiger partial charge in [0.15, 0.2) is 0 Å². The third kappa shape index (κ3) is 3.27. The number of benzene rings is 1. The molecule has 0 N–H and O–H groups in total. The van der Waals surface area contributed by atoms with Crippen LogP contribution in [0.15, 0.2) is 18.2 Å². The van der Waals surface area contributed by atoms with Crippen molar-refractivity contribution in [2.45, 2.75) is 19.8 Å². The molecule has 0 aliphatic carbocycles. The zero-order valence-electron chi connectivity index (χ0n) is 10.3. The summed E-state index contributed by atoms with van der Waals surface area (Å²) in [5.41, 5.74) is 1.60. The van der Waals surface area contributed by atoms with Gasteiger partial charge in [-0.2, -0.15) is 0 Å². The summed E-state index contributed by atoms with van der Waals surface area (Å²) in [5, 5.41) is 20.7. The molecule has 0 spiro atoms. The summed E-state index contributed by atoms with van der Waals surface area (Å²) in [7, 11) is 0. The van der Waals surface area contributed by atoms with Crippen molar-refractivity contribution in [1.29, 1.82) is 0 Å². The largest absolute Gasteiger partial charge is 0.272 e. The third-order valence-corrected chi connectivity index (χ3v) is 3.93. The zero-order chi connectivity index (χ0) is 13.8. The number of aromatic nitrogens is 2. The standard InChI is InChI=1S/C12H12ClN3O2S/c1-8-7-9(4-5-10(8)16(17)18)12-15-14-11(19-12)3-2-6-13/h4-5,7H,2-3,6H2,1H3. The molecule has 2 rings (SSSR count). The number of nitrogens with zero attached hydrogens (tertiary/aromatic N) is 3. The van der Waals surface area contributed by atoms with Gasteiger partial charge < -0.3 is 0 Å². The molecule has 0 fully saturated rings. The molecule has 1 heterocycles. The molecule has 0 unspecified atom stereocenters. The fourth-order valence-electron chi connectivity index (χ4n) is 1.68. The first-order valence-corrected chi connectivity index (χ1v) is 7.10. The normalized spacial score (nSPS) is 10.6. The molecule has 0 amide bonds. The van der Waals surface area contributed by atoms with Crippen molar-refractivity contribution < 1.29 is 4.92 Å². The van der Waals surface area contributed by atoms with Gasteiger partial charge in [-0.15, -0.1) is 21.8 Å². The molecule has 1 aromatic heterocycles. The zero-order valence-corrected chi connectivity index (χ0v) is 11.9. The minimum absolute atomic E-state index is 0.121. The average Bonchev–Trinajstić information content (AvgIpc) is 2.84. The van der Waals surface area contributed by atoms with Gasteiger partial charge in [-0.25, -0.2) is 0 Å². The van der Waals surface area contributed by atoms with Crippen LogP contribution in [0, 0.1) is 17.0 Å². The predicted molar refractivity (Wildman–Crippen MR) is 75.8 cm³/mol. The summed E-state index contributed by atoms with van der Waals surface area (Å²) in [4.78, 5) is 10.4. The Labute approximate surface area is 119 Å². The van der Waals surface area contributed by atoms with Gasteiger partial charge in [-0.1, -0.05) is 11.3 Å². The van der Waals surface area contributed by atoms with Gasteiger partial charge in [-0.05, 0) is 25.5 Å². The summed E-state index contributed by atoms with van der Waals surface area (Å²) >= 11 is 7.13. The molecule has 0 atom stereocenters. The number of hydrogen-bond donors (Lipinski definition) is 0. The molecule has 0 radical (unpaired) electrons. The van der Waals surface area contributed by atoms with Crippen LogP contribution in [0.3, 0.4) is 0 Å². The lowest BCUT2D eigenvalue weighted by atomic mass is 10.1. The van der Waals surface area contributed by atoms with E-state index in [4.69, 9.17) is 11.6 Å². The summed E-state index contributed by atoms with van der Waals surface area (Å²) < 4.78 is 0. The fourth-order valence-corrected chi connectivity index (χ4v) is 2.69. The van der Waals surface area contributed by atoms with E-state index in [-0.39, 0.29) is 10.6 Å². The van der Waals surface area contributed by atoms with Crippen molar-refractivity contribution in [1.82, 2.24) is 10.2 Å². The average molecular weight is 298 g/mol. The number of halogens is 1. The Hall–Kier alpha value is -1.53. The number of nitro benzene ring substituents is 1. The van der Waals surface area contributed by atoms with E-state index in [0.29, 0.717) is 11.4 Å². The van der Waals surface area contributed by atoms with Gasteiger partial charge in [0.1, 0.15) is 10.0 Å². The van der Waals surface area contributed by atoms with E-state index in [1.807, 2.05) is 0 Å². The molecule has 1 aromatic carbocycles. The van der Waals surface area contributed by atoms with E-state index < -0.39 is 0 Å². The van der Waals surface area contributed by atoms with Crippen molar-refractivity contribution >= 4 is 28.6 Å². The van der Waals surface area contributed by atoms with Gasteiger partial charge >= 0.3 is 0 Å². The van der Waals surface area contributed by atoms with Crippen LogP contribution in [-0.2, 0) is 6.42 Å². The molecule has 5 nitrogen and oxygen atoms in total. The van der Waals surface area contributed by atoms with Gasteiger partial charge in [0, 0.05) is 29.5 Å². The van der Waals surface area contributed by atoms with Crippen LogP contribution in [0.5, 0.6) is 0 Å². The Balaban J connectivity index is 2.24. The minimum atomic E-state index is -0.384. The third-order valence-electron chi connectivity index (χ3n) is 2.63. The Morgan fingerprint density at radius 2 is 2.21 bits per heavy atom. The van der Waals surface area contributed by atoms with Crippen LogP contribution < -0.4 is 0 Å². The van der Waals surface area contributed by atoms with Crippen molar-refractivity contribution in [3.63, 3.8) is 0 Å². The molecule has 2 aromatic rings. The summed E-state index contributed by atoms with van der Waals surface area (Å²) in [6, 6.07) is 4.98. The van der Waals surface area contributed by atoms with E-state index in [2.05, 4.69) is 10.2 Å². The first-order valence-electron chi connectivity index (χ1n) is 5.75. The fraction of sp³-hybridized carbons (Fsp3) is 0.333. The first-order chi connectivity index (χ1) is 9.11. The number of rotatable bonds is 5. The minimum Gasteiger partial charge on any atom is -0.258 e. The Bertz CT molecular complexity index is 600. The second-order valence-electron chi connectivity index (χ2n) is 4.05. The van der Waals surface area contributed by atoms with Crippen LogP contribution in [-0.4, -0.2) is 21.0 Å². The van der Waals surface area contributed by atoms with Crippen LogP contribution in [0.1, 0.15) is 17.0 Å². The molecule has 0 saturated heterocycles. The van der Waals surface area contributed by atoms with Crippen molar-refractivity contribution in [3.8, 4) is 10.6 Å². The highest BCUT2D eigenvalue weighted by Gasteiger charge is 2.13. The van der Waals surface area contributed by atoms with Gasteiger partial charge in [0.2, 0.25) is 0 Å². The molecular formula is C12H12ClN3O2S. The van der Waals surface area contributed by atoms with Crippen molar-refractivity contribution in [3.05, 3.63) is 38.9 Å². The maximum atomic E-state index is 10.8. The molecule has 19 heavy (non-hydrogen) atoms. The Kier molecular flexibility index (Phi) is 4.44. The lowest BCUT2D eigenvalue weighted by Crippen LogP contribution is -1.91. The molecule has 0 bridgehead atoms. The molecule has 0 saturated carbocycles. The molecule has 0 aliphatic rings. The van der Waals surface area contributed by atoms with Crippen molar-refractivity contribution in [2.75, 3.05) is 5.88 Å². The molecule has 7 heteroatoms. The van der Waals surface area contributed by atoms with Gasteiger partial charge in [0.25, 0.3) is 5.69 Å². The van der Waals surface area contributed by atoms with Gasteiger partial charge in [0.05, 0.1) is 4.92 Å². The van der Waals surface area contributed by atoms with E-state index in [1.165, 1.54) is 17.4 Å². The highest BCUT2D eigenvalue weighted by Crippen LogP contribution is 2.28. The van der Waals surface area contributed by atoms with Crippen LogP contribution in [0.25, 0.3) is 10.6 Å². The molecular weight excluding hydrogens is 286 g/mol. The van der Waals surface area contributed by atoms with Crippen LogP contribution in [0.4, 0.5) is 5.69 Å². The lowest BCUT2D eigenvalue weighted by Gasteiger charge is -1.99. The van der Waals surface area contributed by atoms with E-state index in [9.17, 15) is 10.1 Å². The van der Waals surface area contributed by atoms with E-state index in [1.54, 1.807) is 19.1 Å².